The third-order valence-corrected chi connectivity index (χ3v) is 4.73. The highest BCUT2D eigenvalue weighted by Gasteiger charge is 2.33. The third-order valence-electron chi connectivity index (χ3n) is 3.43. The molecule has 1 heterocycles. The average Bonchev–Trinajstić information content (AvgIpc) is 2.83. The summed E-state index contributed by atoms with van der Waals surface area (Å²) in [7, 11) is 0. The molecule has 0 spiro atoms. The fraction of sp³-hybridized carbons (Fsp3) is 0.158. The zero-order valence-electron chi connectivity index (χ0n) is 13.7. The Bertz CT molecular complexity index is 864. The SMILES string of the molecule is CC(C)Oc1ccccc1/C=C1/SC(=S)N(c2cccc(F)c2)C1=O. The maximum Gasteiger partial charge on any atom is 0.270 e. The molecule has 0 unspecified atom stereocenters. The van der Waals surface area contributed by atoms with Crippen molar-refractivity contribution in [3.63, 3.8) is 0 Å². The van der Waals surface area contributed by atoms with Gasteiger partial charge in [-0.1, -0.05) is 48.2 Å². The number of carbonyl (C=O) groups excluding carboxylic acids is 1. The summed E-state index contributed by atoms with van der Waals surface area (Å²) in [4.78, 5) is 14.6. The number of benzene rings is 2. The van der Waals surface area contributed by atoms with E-state index in [4.69, 9.17) is 17.0 Å². The Morgan fingerprint density at radius 3 is 2.68 bits per heavy atom. The Labute approximate surface area is 155 Å². The number of amides is 1. The highest BCUT2D eigenvalue weighted by atomic mass is 32.2. The summed E-state index contributed by atoms with van der Waals surface area (Å²) >= 11 is 6.51. The number of hydrogen-bond donors (Lipinski definition) is 0. The van der Waals surface area contributed by atoms with Gasteiger partial charge in [-0.05, 0) is 44.2 Å². The molecule has 1 aliphatic rings. The van der Waals surface area contributed by atoms with Crippen molar-refractivity contribution < 1.29 is 13.9 Å². The summed E-state index contributed by atoms with van der Waals surface area (Å²) in [5, 5.41) is 0. The van der Waals surface area contributed by atoms with E-state index in [1.807, 2.05) is 38.1 Å². The first-order valence-corrected chi connectivity index (χ1v) is 8.97. The summed E-state index contributed by atoms with van der Waals surface area (Å²) in [5.74, 6) is 0.0275. The molecule has 1 saturated heterocycles. The molecule has 0 aromatic heterocycles. The predicted molar refractivity (Wildman–Crippen MR) is 104 cm³/mol. The van der Waals surface area contributed by atoms with Crippen LogP contribution in [0.15, 0.2) is 53.4 Å². The van der Waals surface area contributed by atoms with Crippen LogP contribution in [-0.4, -0.2) is 16.3 Å². The van der Waals surface area contributed by atoms with Gasteiger partial charge in [0.15, 0.2) is 4.32 Å². The topological polar surface area (TPSA) is 29.5 Å². The Hall–Kier alpha value is -2.18. The molecular formula is C19H16FNO2S2. The lowest BCUT2D eigenvalue weighted by atomic mass is 10.1. The van der Waals surface area contributed by atoms with E-state index in [9.17, 15) is 9.18 Å². The number of para-hydroxylation sites is 1. The fourth-order valence-corrected chi connectivity index (χ4v) is 3.70. The van der Waals surface area contributed by atoms with Crippen molar-refractivity contribution >= 4 is 46.0 Å². The van der Waals surface area contributed by atoms with E-state index < -0.39 is 5.82 Å². The van der Waals surface area contributed by atoms with Crippen molar-refractivity contribution in [2.24, 2.45) is 0 Å². The van der Waals surface area contributed by atoms with Gasteiger partial charge in [-0.3, -0.25) is 9.69 Å². The lowest BCUT2D eigenvalue weighted by Gasteiger charge is -2.14. The number of thioether (sulfide) groups is 1. The van der Waals surface area contributed by atoms with Gasteiger partial charge in [0.25, 0.3) is 5.91 Å². The molecule has 0 aliphatic carbocycles. The van der Waals surface area contributed by atoms with Crippen molar-refractivity contribution in [2.75, 3.05) is 4.90 Å². The molecule has 1 fully saturated rings. The van der Waals surface area contributed by atoms with Crippen LogP contribution in [0.2, 0.25) is 0 Å². The molecule has 0 bridgehead atoms. The minimum atomic E-state index is -0.411. The Morgan fingerprint density at radius 2 is 1.96 bits per heavy atom. The van der Waals surface area contributed by atoms with Crippen LogP contribution in [-0.2, 0) is 4.79 Å². The maximum atomic E-state index is 13.5. The molecule has 3 nitrogen and oxygen atoms in total. The lowest BCUT2D eigenvalue weighted by molar-refractivity contribution is -0.113. The maximum absolute atomic E-state index is 13.5. The van der Waals surface area contributed by atoms with Crippen LogP contribution in [0, 0.1) is 5.82 Å². The second-order valence-corrected chi connectivity index (χ2v) is 7.38. The molecule has 2 aromatic carbocycles. The lowest BCUT2D eigenvalue weighted by Crippen LogP contribution is -2.27. The van der Waals surface area contributed by atoms with Gasteiger partial charge in [0.1, 0.15) is 11.6 Å². The van der Waals surface area contributed by atoms with E-state index in [2.05, 4.69) is 0 Å². The highest BCUT2D eigenvalue weighted by molar-refractivity contribution is 8.27. The molecule has 0 radical (unpaired) electrons. The highest BCUT2D eigenvalue weighted by Crippen LogP contribution is 2.37. The van der Waals surface area contributed by atoms with E-state index in [0.717, 1.165) is 5.56 Å². The normalized spacial score (nSPS) is 16.2. The standard InChI is InChI=1S/C19H16FNO2S2/c1-12(2)23-16-9-4-3-6-13(16)10-17-18(22)21(19(24)25-17)15-8-5-7-14(20)11-15/h3-12H,1-2H3/b17-10+. The van der Waals surface area contributed by atoms with E-state index in [1.165, 1.54) is 28.8 Å². The van der Waals surface area contributed by atoms with Crippen molar-refractivity contribution in [2.45, 2.75) is 20.0 Å². The first-order valence-electron chi connectivity index (χ1n) is 7.75. The molecule has 128 valence electrons. The molecule has 2 aromatic rings. The molecular weight excluding hydrogens is 357 g/mol. The van der Waals surface area contributed by atoms with Crippen molar-refractivity contribution in [3.05, 3.63) is 64.8 Å². The number of halogens is 1. The van der Waals surface area contributed by atoms with Gasteiger partial charge in [0, 0.05) is 5.56 Å². The average molecular weight is 373 g/mol. The predicted octanol–water partition coefficient (Wildman–Crippen LogP) is 5.02. The Balaban J connectivity index is 1.94. The number of anilines is 1. The van der Waals surface area contributed by atoms with Crippen LogP contribution < -0.4 is 9.64 Å². The van der Waals surface area contributed by atoms with E-state index in [-0.39, 0.29) is 12.0 Å². The van der Waals surface area contributed by atoms with Crippen LogP contribution in [0.25, 0.3) is 6.08 Å². The third kappa shape index (κ3) is 3.91. The quantitative estimate of drug-likeness (QED) is 0.556. The second kappa shape index (κ2) is 7.37. The Morgan fingerprint density at radius 1 is 1.20 bits per heavy atom. The summed E-state index contributed by atoms with van der Waals surface area (Å²) in [5.41, 5.74) is 1.23. The number of rotatable bonds is 4. The molecule has 1 amide bonds. The summed E-state index contributed by atoms with van der Waals surface area (Å²) in [6.45, 7) is 3.89. The van der Waals surface area contributed by atoms with Crippen LogP contribution in [0.1, 0.15) is 19.4 Å². The second-order valence-electron chi connectivity index (χ2n) is 5.70. The van der Waals surface area contributed by atoms with E-state index >= 15 is 0 Å². The van der Waals surface area contributed by atoms with Gasteiger partial charge >= 0.3 is 0 Å². The Kier molecular flexibility index (Phi) is 5.20. The van der Waals surface area contributed by atoms with Gasteiger partial charge in [-0.15, -0.1) is 0 Å². The molecule has 25 heavy (non-hydrogen) atoms. The number of thiocarbonyl (C=S) groups is 1. The monoisotopic (exact) mass is 373 g/mol. The number of nitrogens with zero attached hydrogens (tertiary/aromatic N) is 1. The zero-order chi connectivity index (χ0) is 18.0. The van der Waals surface area contributed by atoms with Crippen LogP contribution >= 0.6 is 24.0 Å². The first-order chi connectivity index (χ1) is 12.0. The van der Waals surface area contributed by atoms with E-state index in [0.29, 0.717) is 20.7 Å². The minimum Gasteiger partial charge on any atom is -0.490 e. The van der Waals surface area contributed by atoms with E-state index in [1.54, 1.807) is 18.2 Å². The number of carbonyl (C=O) groups is 1. The molecule has 1 aliphatic heterocycles. The van der Waals surface area contributed by atoms with Gasteiger partial charge in [0.05, 0.1) is 16.7 Å². The molecule has 0 saturated carbocycles. The zero-order valence-corrected chi connectivity index (χ0v) is 15.4. The van der Waals surface area contributed by atoms with Gasteiger partial charge < -0.3 is 4.74 Å². The number of hydrogen-bond acceptors (Lipinski definition) is 4. The number of ether oxygens (including phenoxy) is 1. The fourth-order valence-electron chi connectivity index (χ4n) is 2.41. The van der Waals surface area contributed by atoms with Crippen LogP contribution in [0.4, 0.5) is 10.1 Å². The van der Waals surface area contributed by atoms with Crippen molar-refractivity contribution in [1.29, 1.82) is 0 Å². The molecule has 3 rings (SSSR count). The summed E-state index contributed by atoms with van der Waals surface area (Å²) < 4.78 is 19.6. The van der Waals surface area contributed by atoms with Crippen molar-refractivity contribution in [1.82, 2.24) is 0 Å². The summed E-state index contributed by atoms with van der Waals surface area (Å²) in [6, 6.07) is 13.3. The first kappa shape index (κ1) is 17.6. The van der Waals surface area contributed by atoms with Crippen LogP contribution in [0.3, 0.4) is 0 Å². The largest absolute Gasteiger partial charge is 0.490 e. The molecule has 6 heteroatoms. The minimum absolute atomic E-state index is 0.0244. The van der Waals surface area contributed by atoms with Gasteiger partial charge in [0.2, 0.25) is 0 Å². The van der Waals surface area contributed by atoms with Gasteiger partial charge in [-0.25, -0.2) is 4.39 Å². The van der Waals surface area contributed by atoms with Gasteiger partial charge in [-0.2, -0.15) is 0 Å². The molecule has 0 atom stereocenters. The van der Waals surface area contributed by atoms with Crippen molar-refractivity contribution in [3.8, 4) is 5.75 Å². The molecule has 0 N–H and O–H groups in total. The summed E-state index contributed by atoms with van der Waals surface area (Å²) in [6.07, 6.45) is 1.78. The smallest absolute Gasteiger partial charge is 0.270 e. The van der Waals surface area contributed by atoms with Crippen LogP contribution in [0.5, 0.6) is 5.75 Å².